The van der Waals surface area contributed by atoms with Crippen molar-refractivity contribution in [2.75, 3.05) is 7.11 Å². The molecule has 0 bridgehead atoms. The van der Waals surface area contributed by atoms with Crippen LogP contribution in [0.3, 0.4) is 0 Å². The van der Waals surface area contributed by atoms with Crippen molar-refractivity contribution in [1.29, 1.82) is 0 Å². The van der Waals surface area contributed by atoms with E-state index in [4.69, 9.17) is 9.84 Å². The average molecular weight is 314 g/mol. The number of hydrogen-bond acceptors (Lipinski definition) is 4. The van der Waals surface area contributed by atoms with E-state index in [1.807, 2.05) is 12.1 Å². The third kappa shape index (κ3) is 2.48. The van der Waals surface area contributed by atoms with Crippen LogP contribution >= 0.6 is 27.3 Å². The standard InChI is InChI=1S/C11H8BrNO3S/c1-16-9-3-2-6(12)4-7(9)8-5-17-10(13-8)11(14)15/h2-5H,1H3,(H,14,15). The molecule has 17 heavy (non-hydrogen) atoms. The Kier molecular flexibility index (Phi) is 3.44. The van der Waals surface area contributed by atoms with E-state index < -0.39 is 5.97 Å². The molecule has 0 aliphatic rings. The summed E-state index contributed by atoms with van der Waals surface area (Å²) in [5, 5.41) is 10.6. The fraction of sp³-hybridized carbons (Fsp3) is 0.0909. The normalized spacial score (nSPS) is 10.2. The molecule has 2 aromatic rings. The van der Waals surface area contributed by atoms with E-state index in [2.05, 4.69) is 20.9 Å². The number of halogens is 1. The van der Waals surface area contributed by atoms with E-state index in [-0.39, 0.29) is 5.01 Å². The summed E-state index contributed by atoms with van der Waals surface area (Å²) in [6.07, 6.45) is 0. The summed E-state index contributed by atoms with van der Waals surface area (Å²) < 4.78 is 6.11. The molecule has 0 aliphatic heterocycles. The topological polar surface area (TPSA) is 59.4 Å². The molecular weight excluding hydrogens is 306 g/mol. The maximum absolute atomic E-state index is 10.8. The van der Waals surface area contributed by atoms with Crippen LogP contribution in [0.1, 0.15) is 9.80 Å². The molecule has 4 nitrogen and oxygen atoms in total. The van der Waals surface area contributed by atoms with Crippen LogP contribution in [0.4, 0.5) is 0 Å². The van der Waals surface area contributed by atoms with Crippen LogP contribution in [-0.2, 0) is 0 Å². The quantitative estimate of drug-likeness (QED) is 0.944. The Hall–Kier alpha value is -1.40. The van der Waals surface area contributed by atoms with Crippen molar-refractivity contribution in [2.45, 2.75) is 0 Å². The first-order valence-corrected chi connectivity index (χ1v) is 6.32. The van der Waals surface area contributed by atoms with Gasteiger partial charge in [-0.05, 0) is 18.2 Å². The van der Waals surface area contributed by atoms with Gasteiger partial charge in [0.05, 0.1) is 12.8 Å². The number of aromatic carboxylic acids is 1. The fourth-order valence-corrected chi connectivity index (χ4v) is 2.39. The Morgan fingerprint density at radius 3 is 2.88 bits per heavy atom. The SMILES string of the molecule is COc1ccc(Br)cc1-c1csc(C(=O)O)n1. The highest BCUT2D eigenvalue weighted by Crippen LogP contribution is 2.33. The lowest BCUT2D eigenvalue weighted by molar-refractivity contribution is 0.0696. The summed E-state index contributed by atoms with van der Waals surface area (Å²) in [5.41, 5.74) is 1.37. The zero-order chi connectivity index (χ0) is 12.4. The summed E-state index contributed by atoms with van der Waals surface area (Å²) in [6, 6.07) is 5.51. The zero-order valence-electron chi connectivity index (χ0n) is 8.81. The van der Waals surface area contributed by atoms with Crippen LogP contribution in [0, 0.1) is 0 Å². The van der Waals surface area contributed by atoms with Gasteiger partial charge < -0.3 is 9.84 Å². The summed E-state index contributed by atoms with van der Waals surface area (Å²) in [5.74, 6) is -0.356. The van der Waals surface area contributed by atoms with E-state index in [0.717, 1.165) is 21.4 Å². The summed E-state index contributed by atoms with van der Waals surface area (Å²) in [6.45, 7) is 0. The fourth-order valence-electron chi connectivity index (χ4n) is 1.38. The van der Waals surface area contributed by atoms with E-state index in [1.165, 1.54) is 0 Å². The minimum atomic E-state index is -1.02. The molecule has 6 heteroatoms. The van der Waals surface area contributed by atoms with Crippen molar-refractivity contribution in [3.63, 3.8) is 0 Å². The molecule has 1 aromatic heterocycles. The van der Waals surface area contributed by atoms with E-state index in [1.54, 1.807) is 18.6 Å². The highest BCUT2D eigenvalue weighted by atomic mass is 79.9. The predicted octanol–water partition coefficient (Wildman–Crippen LogP) is 3.28. The number of carboxylic acids is 1. The number of carboxylic acid groups (broad SMARTS) is 1. The van der Waals surface area contributed by atoms with Crippen LogP contribution in [-0.4, -0.2) is 23.2 Å². The molecule has 0 radical (unpaired) electrons. The minimum Gasteiger partial charge on any atom is -0.496 e. The molecular formula is C11H8BrNO3S. The van der Waals surface area contributed by atoms with Gasteiger partial charge in [0.15, 0.2) is 0 Å². The molecule has 0 unspecified atom stereocenters. The maximum atomic E-state index is 10.8. The van der Waals surface area contributed by atoms with E-state index in [9.17, 15) is 4.79 Å². The van der Waals surface area contributed by atoms with Crippen LogP contribution in [0.2, 0.25) is 0 Å². The largest absolute Gasteiger partial charge is 0.496 e. The third-order valence-corrected chi connectivity index (χ3v) is 3.45. The molecule has 0 amide bonds. The molecule has 0 saturated heterocycles. The molecule has 0 spiro atoms. The van der Waals surface area contributed by atoms with Crippen LogP contribution in [0.15, 0.2) is 28.1 Å². The van der Waals surface area contributed by atoms with Crippen molar-refractivity contribution < 1.29 is 14.6 Å². The van der Waals surface area contributed by atoms with Gasteiger partial charge >= 0.3 is 5.97 Å². The molecule has 0 aliphatic carbocycles. The molecule has 88 valence electrons. The summed E-state index contributed by atoms with van der Waals surface area (Å²) in [7, 11) is 1.57. The Labute approximate surface area is 110 Å². The molecule has 1 heterocycles. The predicted molar refractivity (Wildman–Crippen MR) is 68.8 cm³/mol. The number of rotatable bonds is 3. The number of benzene rings is 1. The number of carbonyl (C=O) groups is 1. The van der Waals surface area contributed by atoms with Crippen LogP contribution in [0.5, 0.6) is 5.75 Å². The number of thiazole rings is 1. The Morgan fingerprint density at radius 1 is 1.53 bits per heavy atom. The van der Waals surface area contributed by atoms with Crippen molar-refractivity contribution in [3.8, 4) is 17.0 Å². The van der Waals surface area contributed by atoms with Crippen molar-refractivity contribution in [3.05, 3.63) is 33.1 Å². The second kappa shape index (κ2) is 4.85. The highest BCUT2D eigenvalue weighted by molar-refractivity contribution is 9.10. The van der Waals surface area contributed by atoms with Gasteiger partial charge in [-0.25, -0.2) is 9.78 Å². The molecule has 0 saturated carbocycles. The lowest BCUT2D eigenvalue weighted by atomic mass is 10.1. The summed E-state index contributed by atoms with van der Waals surface area (Å²) in [4.78, 5) is 14.8. The number of hydrogen-bond donors (Lipinski definition) is 1. The van der Waals surface area contributed by atoms with Crippen LogP contribution in [0.25, 0.3) is 11.3 Å². The summed E-state index contributed by atoms with van der Waals surface area (Å²) >= 11 is 4.46. The first-order chi connectivity index (χ1) is 8.11. The van der Waals surface area contributed by atoms with Crippen molar-refractivity contribution in [2.24, 2.45) is 0 Å². The lowest BCUT2D eigenvalue weighted by Crippen LogP contribution is -1.95. The Balaban J connectivity index is 2.51. The van der Waals surface area contributed by atoms with Crippen molar-refractivity contribution in [1.82, 2.24) is 4.98 Å². The molecule has 1 aromatic carbocycles. The smallest absolute Gasteiger partial charge is 0.365 e. The van der Waals surface area contributed by atoms with Gasteiger partial charge in [0.1, 0.15) is 5.75 Å². The number of methoxy groups -OCH3 is 1. The molecule has 1 N–H and O–H groups in total. The maximum Gasteiger partial charge on any atom is 0.365 e. The number of ether oxygens (including phenoxy) is 1. The van der Waals surface area contributed by atoms with E-state index >= 15 is 0 Å². The van der Waals surface area contributed by atoms with Gasteiger partial charge in [-0.15, -0.1) is 11.3 Å². The zero-order valence-corrected chi connectivity index (χ0v) is 11.2. The second-order valence-corrected chi connectivity index (χ2v) is 4.96. The number of aromatic nitrogens is 1. The van der Waals surface area contributed by atoms with Crippen LogP contribution < -0.4 is 4.74 Å². The first kappa shape index (κ1) is 12.1. The lowest BCUT2D eigenvalue weighted by Gasteiger charge is -2.06. The molecule has 0 atom stereocenters. The first-order valence-electron chi connectivity index (χ1n) is 4.64. The van der Waals surface area contributed by atoms with Gasteiger partial charge in [0, 0.05) is 15.4 Å². The minimum absolute atomic E-state index is 0.0713. The second-order valence-electron chi connectivity index (χ2n) is 3.19. The number of nitrogens with zero attached hydrogens (tertiary/aromatic N) is 1. The highest BCUT2D eigenvalue weighted by Gasteiger charge is 2.13. The van der Waals surface area contributed by atoms with Gasteiger partial charge in [-0.3, -0.25) is 0 Å². The third-order valence-electron chi connectivity index (χ3n) is 2.12. The monoisotopic (exact) mass is 313 g/mol. The molecule has 2 rings (SSSR count). The van der Waals surface area contributed by atoms with Gasteiger partial charge in [-0.1, -0.05) is 15.9 Å². The average Bonchev–Trinajstić information content (AvgIpc) is 2.78. The molecule has 0 fully saturated rings. The van der Waals surface area contributed by atoms with Gasteiger partial charge in [0.2, 0.25) is 5.01 Å². The Morgan fingerprint density at radius 2 is 2.29 bits per heavy atom. The van der Waals surface area contributed by atoms with Gasteiger partial charge in [-0.2, -0.15) is 0 Å². The van der Waals surface area contributed by atoms with Gasteiger partial charge in [0.25, 0.3) is 0 Å². The van der Waals surface area contributed by atoms with Crippen molar-refractivity contribution >= 4 is 33.2 Å². The van der Waals surface area contributed by atoms with E-state index in [0.29, 0.717) is 11.4 Å². The Bertz CT molecular complexity index is 568.